The van der Waals surface area contributed by atoms with E-state index in [1.165, 1.54) is 18.4 Å². The van der Waals surface area contributed by atoms with Crippen LogP contribution in [0.4, 0.5) is 5.82 Å². The predicted molar refractivity (Wildman–Crippen MR) is 83.2 cm³/mol. The Bertz CT molecular complexity index is 501. The van der Waals surface area contributed by atoms with E-state index in [-0.39, 0.29) is 11.9 Å². The number of aromatic nitrogens is 1. The molecule has 0 radical (unpaired) electrons. The smallest absolute Gasteiger partial charge is 0.242 e. The Balaban J connectivity index is 1.80. The molecule has 1 unspecified atom stereocenters. The van der Waals surface area contributed by atoms with Gasteiger partial charge in [0.15, 0.2) is 0 Å². The first-order chi connectivity index (χ1) is 10.3. The first-order valence-electron chi connectivity index (χ1n) is 7.95. The van der Waals surface area contributed by atoms with Crippen molar-refractivity contribution in [1.82, 2.24) is 15.6 Å². The maximum Gasteiger partial charge on any atom is 0.242 e. The summed E-state index contributed by atoms with van der Waals surface area (Å²) in [4.78, 5) is 18.9. The monoisotopic (exact) mass is 288 g/mol. The molecule has 1 aliphatic heterocycles. The van der Waals surface area contributed by atoms with Crippen LogP contribution < -0.4 is 15.5 Å². The SMILES string of the molecule is CNC(=O)C1CCCCN1c1ncccc1CNC1CC1. The Labute approximate surface area is 126 Å². The average Bonchev–Trinajstić information content (AvgIpc) is 3.37. The lowest BCUT2D eigenvalue weighted by Crippen LogP contribution is -2.49. The summed E-state index contributed by atoms with van der Waals surface area (Å²) in [6, 6.07) is 4.69. The van der Waals surface area contributed by atoms with Crippen LogP contribution in [0.5, 0.6) is 0 Å². The summed E-state index contributed by atoms with van der Waals surface area (Å²) in [5.41, 5.74) is 1.19. The van der Waals surface area contributed by atoms with Crippen LogP contribution >= 0.6 is 0 Å². The van der Waals surface area contributed by atoms with E-state index >= 15 is 0 Å². The highest BCUT2D eigenvalue weighted by atomic mass is 16.2. The molecule has 2 heterocycles. The van der Waals surface area contributed by atoms with Crippen molar-refractivity contribution in [3.8, 4) is 0 Å². The summed E-state index contributed by atoms with van der Waals surface area (Å²) in [7, 11) is 1.71. The van der Waals surface area contributed by atoms with Crippen LogP contribution in [0.15, 0.2) is 18.3 Å². The van der Waals surface area contributed by atoms with Gasteiger partial charge >= 0.3 is 0 Å². The Morgan fingerprint density at radius 1 is 1.38 bits per heavy atom. The zero-order chi connectivity index (χ0) is 14.7. The van der Waals surface area contributed by atoms with Crippen LogP contribution in [0.1, 0.15) is 37.7 Å². The molecule has 2 aliphatic rings. The number of likely N-dealkylation sites (N-methyl/N-ethyl adjacent to an activating group) is 1. The minimum Gasteiger partial charge on any atom is -0.357 e. The first-order valence-corrected chi connectivity index (χ1v) is 7.95. The fraction of sp³-hybridized carbons (Fsp3) is 0.625. The molecule has 5 heteroatoms. The number of carbonyl (C=O) groups is 1. The summed E-state index contributed by atoms with van der Waals surface area (Å²) in [6.07, 6.45) is 7.52. The average molecular weight is 288 g/mol. The standard InChI is InChI=1S/C16H24N4O/c1-17-16(21)14-6-2-3-10-20(14)15-12(5-4-9-18-15)11-19-13-7-8-13/h4-5,9,13-14,19H,2-3,6-8,10-11H2,1H3,(H,17,21). The Morgan fingerprint density at radius 3 is 3.00 bits per heavy atom. The molecule has 1 atom stereocenters. The van der Waals surface area contributed by atoms with Gasteiger partial charge in [0.05, 0.1) is 0 Å². The molecule has 1 aliphatic carbocycles. The lowest BCUT2D eigenvalue weighted by Gasteiger charge is -2.36. The van der Waals surface area contributed by atoms with E-state index < -0.39 is 0 Å². The van der Waals surface area contributed by atoms with Gasteiger partial charge in [0.1, 0.15) is 11.9 Å². The lowest BCUT2D eigenvalue weighted by molar-refractivity contribution is -0.122. The fourth-order valence-corrected chi connectivity index (χ4v) is 2.99. The van der Waals surface area contributed by atoms with Crippen LogP contribution in [0.3, 0.4) is 0 Å². The second-order valence-electron chi connectivity index (χ2n) is 5.96. The number of amides is 1. The van der Waals surface area contributed by atoms with Gasteiger partial charge in [0.25, 0.3) is 0 Å². The predicted octanol–water partition coefficient (Wildman–Crippen LogP) is 1.44. The highest BCUT2D eigenvalue weighted by Crippen LogP contribution is 2.27. The van der Waals surface area contributed by atoms with E-state index in [0.29, 0.717) is 6.04 Å². The topological polar surface area (TPSA) is 57.3 Å². The van der Waals surface area contributed by atoms with E-state index in [0.717, 1.165) is 38.2 Å². The van der Waals surface area contributed by atoms with Crippen molar-refractivity contribution in [2.24, 2.45) is 0 Å². The Hall–Kier alpha value is -1.62. The van der Waals surface area contributed by atoms with Gasteiger partial charge in [-0.3, -0.25) is 4.79 Å². The second kappa shape index (κ2) is 6.43. The normalized spacial score (nSPS) is 22.1. The van der Waals surface area contributed by atoms with Crippen molar-refractivity contribution in [2.45, 2.75) is 50.7 Å². The molecule has 1 aromatic heterocycles. The molecular formula is C16H24N4O. The summed E-state index contributed by atoms with van der Waals surface area (Å²) in [6.45, 7) is 1.75. The molecule has 1 saturated heterocycles. The van der Waals surface area contributed by atoms with Crippen LogP contribution in [-0.2, 0) is 11.3 Å². The quantitative estimate of drug-likeness (QED) is 0.861. The molecular weight excluding hydrogens is 264 g/mol. The third-order valence-corrected chi connectivity index (χ3v) is 4.35. The zero-order valence-electron chi connectivity index (χ0n) is 12.6. The highest BCUT2D eigenvalue weighted by molar-refractivity contribution is 5.85. The van der Waals surface area contributed by atoms with Crippen LogP contribution in [0.2, 0.25) is 0 Å². The Morgan fingerprint density at radius 2 is 2.24 bits per heavy atom. The lowest BCUT2D eigenvalue weighted by atomic mass is 10.0. The van der Waals surface area contributed by atoms with Crippen molar-refractivity contribution >= 4 is 11.7 Å². The van der Waals surface area contributed by atoms with Gasteiger partial charge in [0.2, 0.25) is 5.91 Å². The summed E-state index contributed by atoms with van der Waals surface area (Å²) >= 11 is 0. The highest BCUT2D eigenvalue weighted by Gasteiger charge is 2.30. The molecule has 21 heavy (non-hydrogen) atoms. The minimum absolute atomic E-state index is 0.0849. The number of carbonyl (C=O) groups excluding carboxylic acids is 1. The van der Waals surface area contributed by atoms with Gasteiger partial charge in [-0.2, -0.15) is 0 Å². The van der Waals surface area contributed by atoms with E-state index in [1.54, 1.807) is 7.05 Å². The Kier molecular flexibility index (Phi) is 4.39. The largest absolute Gasteiger partial charge is 0.357 e. The van der Waals surface area contributed by atoms with Crippen molar-refractivity contribution in [3.63, 3.8) is 0 Å². The molecule has 0 spiro atoms. The molecule has 1 saturated carbocycles. The summed E-state index contributed by atoms with van der Waals surface area (Å²) < 4.78 is 0. The maximum absolute atomic E-state index is 12.1. The van der Waals surface area contributed by atoms with E-state index in [4.69, 9.17) is 0 Å². The maximum atomic E-state index is 12.1. The van der Waals surface area contributed by atoms with Crippen molar-refractivity contribution in [3.05, 3.63) is 23.9 Å². The number of nitrogens with zero attached hydrogens (tertiary/aromatic N) is 2. The van der Waals surface area contributed by atoms with Crippen LogP contribution in [0, 0.1) is 0 Å². The fourth-order valence-electron chi connectivity index (χ4n) is 2.99. The van der Waals surface area contributed by atoms with Gasteiger partial charge < -0.3 is 15.5 Å². The second-order valence-corrected chi connectivity index (χ2v) is 5.96. The zero-order valence-corrected chi connectivity index (χ0v) is 12.6. The van der Waals surface area contributed by atoms with Gasteiger partial charge in [-0.25, -0.2) is 4.98 Å². The molecule has 1 amide bonds. The number of hydrogen-bond acceptors (Lipinski definition) is 4. The molecule has 2 fully saturated rings. The number of pyridine rings is 1. The van der Waals surface area contributed by atoms with Crippen molar-refractivity contribution in [1.29, 1.82) is 0 Å². The van der Waals surface area contributed by atoms with E-state index in [1.807, 2.05) is 12.3 Å². The molecule has 0 aromatic carbocycles. The van der Waals surface area contributed by atoms with Gasteiger partial charge in [-0.05, 0) is 38.2 Å². The van der Waals surface area contributed by atoms with E-state index in [2.05, 4.69) is 26.6 Å². The minimum atomic E-state index is -0.0849. The summed E-state index contributed by atoms with van der Waals surface area (Å²) in [5, 5.41) is 6.33. The molecule has 2 N–H and O–H groups in total. The number of nitrogens with one attached hydrogen (secondary N) is 2. The van der Waals surface area contributed by atoms with Gasteiger partial charge in [-0.1, -0.05) is 6.07 Å². The third-order valence-electron chi connectivity index (χ3n) is 4.35. The number of rotatable bonds is 5. The first kappa shape index (κ1) is 14.3. The van der Waals surface area contributed by atoms with Gasteiger partial charge in [-0.15, -0.1) is 0 Å². The summed E-state index contributed by atoms with van der Waals surface area (Å²) in [5.74, 6) is 1.07. The van der Waals surface area contributed by atoms with Gasteiger partial charge in [0, 0.05) is 37.9 Å². The van der Waals surface area contributed by atoms with Crippen LogP contribution in [0.25, 0.3) is 0 Å². The molecule has 5 nitrogen and oxygen atoms in total. The van der Waals surface area contributed by atoms with Crippen molar-refractivity contribution in [2.75, 3.05) is 18.5 Å². The third kappa shape index (κ3) is 3.35. The number of hydrogen-bond donors (Lipinski definition) is 2. The molecule has 0 bridgehead atoms. The van der Waals surface area contributed by atoms with E-state index in [9.17, 15) is 4.79 Å². The molecule has 3 rings (SSSR count). The van der Waals surface area contributed by atoms with Crippen molar-refractivity contribution < 1.29 is 4.79 Å². The molecule has 114 valence electrons. The number of anilines is 1. The molecule has 1 aromatic rings. The number of piperidine rings is 1. The van der Waals surface area contributed by atoms with Crippen LogP contribution in [-0.4, -0.2) is 36.6 Å².